The molecule has 0 aliphatic carbocycles. The number of esters is 1. The fraction of sp³-hybridized carbons (Fsp3) is 0.318. The first-order valence-electron chi connectivity index (χ1n) is 9.42. The van der Waals surface area contributed by atoms with Crippen LogP contribution in [-0.4, -0.2) is 31.3 Å². The minimum atomic E-state index is -3.87. The third-order valence-electron chi connectivity index (χ3n) is 5.00. The van der Waals surface area contributed by atoms with E-state index in [1.165, 1.54) is 4.31 Å². The Kier molecular flexibility index (Phi) is 6.61. The lowest BCUT2D eigenvalue weighted by atomic mass is 10.0. The molecule has 154 valence electrons. The molecule has 0 N–H and O–H groups in total. The first-order chi connectivity index (χ1) is 13.7. The first-order valence-corrected chi connectivity index (χ1v) is 11.7. The van der Waals surface area contributed by atoms with Crippen LogP contribution in [0.1, 0.15) is 31.4 Å². The highest BCUT2D eigenvalue weighted by atomic mass is 79.9. The molecule has 0 saturated heterocycles. The highest BCUT2D eigenvalue weighted by molar-refractivity contribution is 9.10. The molecule has 0 radical (unpaired) electrons. The second-order valence-electron chi connectivity index (χ2n) is 7.35. The van der Waals surface area contributed by atoms with Crippen molar-refractivity contribution in [2.24, 2.45) is 5.92 Å². The molecule has 0 aromatic heterocycles. The van der Waals surface area contributed by atoms with Gasteiger partial charge in [-0.25, -0.2) is 8.42 Å². The maximum Gasteiger partial charge on any atom is 0.325 e. The molecule has 1 atom stereocenters. The van der Waals surface area contributed by atoms with Gasteiger partial charge in [0.15, 0.2) is 0 Å². The predicted molar refractivity (Wildman–Crippen MR) is 117 cm³/mol. The van der Waals surface area contributed by atoms with E-state index in [0.717, 1.165) is 15.6 Å². The molecular formula is C22H24BrNO4S. The summed E-state index contributed by atoms with van der Waals surface area (Å²) in [6, 6.07) is 13.3. The van der Waals surface area contributed by atoms with Crippen LogP contribution in [0.3, 0.4) is 0 Å². The van der Waals surface area contributed by atoms with Crippen LogP contribution in [0.25, 0.3) is 5.57 Å². The van der Waals surface area contributed by atoms with Gasteiger partial charge in [-0.1, -0.05) is 72.8 Å². The number of hydrogen-bond donors (Lipinski definition) is 0. The maximum atomic E-state index is 13.4. The van der Waals surface area contributed by atoms with E-state index in [0.29, 0.717) is 12.0 Å². The van der Waals surface area contributed by atoms with Gasteiger partial charge in [-0.05, 0) is 35.6 Å². The molecule has 0 spiro atoms. The molecule has 3 rings (SSSR count). The van der Waals surface area contributed by atoms with E-state index in [1.54, 1.807) is 24.3 Å². The molecule has 0 fully saturated rings. The van der Waals surface area contributed by atoms with Crippen LogP contribution >= 0.6 is 15.9 Å². The number of fused-ring (bicyclic) bond motifs is 1. The summed E-state index contributed by atoms with van der Waals surface area (Å²) >= 11 is 3.43. The van der Waals surface area contributed by atoms with Crippen LogP contribution in [0.2, 0.25) is 0 Å². The second-order valence-corrected chi connectivity index (χ2v) is 10.1. The molecule has 1 aliphatic rings. The Bertz CT molecular complexity index is 1030. The van der Waals surface area contributed by atoms with E-state index in [9.17, 15) is 13.2 Å². The van der Waals surface area contributed by atoms with Crippen molar-refractivity contribution >= 4 is 37.5 Å². The lowest BCUT2D eigenvalue weighted by molar-refractivity contribution is -0.151. The Morgan fingerprint density at radius 2 is 1.83 bits per heavy atom. The zero-order valence-corrected chi connectivity index (χ0v) is 18.9. The van der Waals surface area contributed by atoms with Crippen molar-refractivity contribution < 1.29 is 17.9 Å². The van der Waals surface area contributed by atoms with Gasteiger partial charge in [0.05, 0.1) is 4.90 Å². The third-order valence-corrected chi connectivity index (χ3v) is 7.71. The molecule has 7 heteroatoms. The zero-order valence-electron chi connectivity index (χ0n) is 16.5. The summed E-state index contributed by atoms with van der Waals surface area (Å²) in [7, 11) is -3.87. The fourth-order valence-corrected chi connectivity index (χ4v) is 5.82. The van der Waals surface area contributed by atoms with Crippen LogP contribution in [-0.2, 0) is 26.2 Å². The number of carbonyl (C=O) groups excluding carboxylic acids is 1. The minimum Gasteiger partial charge on any atom is -0.460 e. The predicted octanol–water partition coefficient (Wildman–Crippen LogP) is 4.62. The highest BCUT2D eigenvalue weighted by Crippen LogP contribution is 2.34. The van der Waals surface area contributed by atoms with Gasteiger partial charge < -0.3 is 4.74 Å². The number of nitrogens with zero attached hydrogens (tertiary/aromatic N) is 1. The molecule has 2 aromatic carbocycles. The van der Waals surface area contributed by atoms with E-state index in [1.807, 2.05) is 38.1 Å². The summed E-state index contributed by atoms with van der Waals surface area (Å²) in [5.74, 6) is -0.806. The number of hydrogen-bond acceptors (Lipinski definition) is 4. The SMILES string of the molecule is C=C1CCN([C@@H](C(=O)OCc2ccccc2Br)C(C)C)S(=O)(=O)c2ccccc21. The lowest BCUT2D eigenvalue weighted by Crippen LogP contribution is -2.48. The quantitative estimate of drug-likeness (QED) is 0.589. The molecule has 1 heterocycles. The largest absolute Gasteiger partial charge is 0.460 e. The average molecular weight is 478 g/mol. The third kappa shape index (κ3) is 4.47. The van der Waals surface area contributed by atoms with Gasteiger partial charge in [-0.15, -0.1) is 0 Å². The van der Waals surface area contributed by atoms with E-state index in [4.69, 9.17) is 4.74 Å². The molecule has 5 nitrogen and oxygen atoms in total. The number of benzene rings is 2. The number of sulfonamides is 1. The van der Waals surface area contributed by atoms with Crippen LogP contribution in [0, 0.1) is 5.92 Å². The fourth-order valence-electron chi connectivity index (χ4n) is 3.47. The van der Waals surface area contributed by atoms with Crippen LogP contribution in [0.15, 0.2) is 64.5 Å². The Balaban J connectivity index is 1.91. The number of ether oxygens (including phenoxy) is 1. The first kappa shape index (κ1) is 21.7. The molecule has 2 aromatic rings. The minimum absolute atomic E-state index is 0.0701. The average Bonchev–Trinajstić information content (AvgIpc) is 2.78. The van der Waals surface area contributed by atoms with Gasteiger partial charge in [0.2, 0.25) is 10.0 Å². The maximum absolute atomic E-state index is 13.4. The lowest BCUT2D eigenvalue weighted by Gasteiger charge is -2.31. The summed E-state index contributed by atoms with van der Waals surface area (Å²) in [4.78, 5) is 13.2. The van der Waals surface area contributed by atoms with Crippen molar-refractivity contribution in [1.29, 1.82) is 0 Å². The van der Waals surface area contributed by atoms with Crippen LogP contribution in [0.4, 0.5) is 0 Å². The van der Waals surface area contributed by atoms with Crippen molar-refractivity contribution in [2.45, 2.75) is 37.8 Å². The monoisotopic (exact) mass is 477 g/mol. The van der Waals surface area contributed by atoms with Gasteiger partial charge in [-0.2, -0.15) is 4.31 Å². The van der Waals surface area contributed by atoms with Crippen molar-refractivity contribution in [2.75, 3.05) is 6.54 Å². The Hall–Kier alpha value is -1.96. The van der Waals surface area contributed by atoms with Crippen molar-refractivity contribution in [3.05, 3.63) is 70.7 Å². The Morgan fingerprint density at radius 3 is 2.52 bits per heavy atom. The Labute approximate surface area is 180 Å². The van der Waals surface area contributed by atoms with E-state index < -0.39 is 22.0 Å². The zero-order chi connectivity index (χ0) is 21.2. The topological polar surface area (TPSA) is 63.7 Å². The van der Waals surface area contributed by atoms with Crippen molar-refractivity contribution in [1.82, 2.24) is 4.31 Å². The van der Waals surface area contributed by atoms with Crippen LogP contribution in [0.5, 0.6) is 0 Å². The summed E-state index contributed by atoms with van der Waals surface area (Å²) in [6.07, 6.45) is 0.455. The number of halogens is 1. The van der Waals surface area contributed by atoms with Crippen molar-refractivity contribution in [3.63, 3.8) is 0 Å². The van der Waals surface area contributed by atoms with Crippen molar-refractivity contribution in [3.8, 4) is 0 Å². The molecule has 1 aliphatic heterocycles. The molecule has 0 bridgehead atoms. The molecule has 29 heavy (non-hydrogen) atoms. The summed E-state index contributed by atoms with van der Waals surface area (Å²) in [5, 5.41) is 0. The summed E-state index contributed by atoms with van der Waals surface area (Å²) < 4.78 is 34.5. The van der Waals surface area contributed by atoms with E-state index >= 15 is 0 Å². The normalized spacial score (nSPS) is 17.4. The van der Waals surface area contributed by atoms with Gasteiger partial charge in [-0.3, -0.25) is 4.79 Å². The highest BCUT2D eigenvalue weighted by Gasteiger charge is 2.41. The molecule has 0 amide bonds. The van der Waals surface area contributed by atoms with Gasteiger partial charge in [0.25, 0.3) is 0 Å². The molecule has 0 saturated carbocycles. The number of carbonyl (C=O) groups is 1. The van der Waals surface area contributed by atoms with E-state index in [-0.39, 0.29) is 24.0 Å². The van der Waals surface area contributed by atoms with Gasteiger partial charge in [0.1, 0.15) is 12.6 Å². The Morgan fingerprint density at radius 1 is 1.17 bits per heavy atom. The molecular weight excluding hydrogens is 454 g/mol. The van der Waals surface area contributed by atoms with Crippen LogP contribution < -0.4 is 0 Å². The van der Waals surface area contributed by atoms with E-state index in [2.05, 4.69) is 22.5 Å². The number of rotatable bonds is 5. The standard InChI is InChI=1S/C22H24BrNO4S/c1-15(2)21(22(25)28-14-17-8-4-6-10-19(17)23)24-13-12-16(3)18-9-5-7-11-20(18)29(24,26)27/h4-11,15,21H,3,12-14H2,1-2H3/t21-/m1/s1. The smallest absolute Gasteiger partial charge is 0.325 e. The van der Waals surface area contributed by atoms with Gasteiger partial charge >= 0.3 is 5.97 Å². The second kappa shape index (κ2) is 8.81. The van der Waals surface area contributed by atoms with Gasteiger partial charge in [0, 0.05) is 16.6 Å². The summed E-state index contributed by atoms with van der Waals surface area (Å²) in [6.45, 7) is 7.94. The summed E-state index contributed by atoms with van der Waals surface area (Å²) in [5.41, 5.74) is 2.18. The molecule has 0 unspecified atom stereocenters.